The van der Waals surface area contributed by atoms with Gasteiger partial charge in [-0.3, -0.25) is 4.57 Å². The van der Waals surface area contributed by atoms with E-state index in [1.54, 1.807) is 15.9 Å². The van der Waals surface area contributed by atoms with Crippen LogP contribution in [0.1, 0.15) is 4.88 Å². The lowest BCUT2D eigenvalue weighted by atomic mass is 10.2. The smallest absolute Gasteiger partial charge is 0.276 e. The zero-order valence-corrected chi connectivity index (χ0v) is 11.1. The van der Waals surface area contributed by atoms with Crippen molar-refractivity contribution in [1.82, 2.24) is 14.8 Å². The van der Waals surface area contributed by atoms with Gasteiger partial charge in [0.1, 0.15) is 6.33 Å². The Kier molecular flexibility index (Phi) is 2.60. The van der Waals surface area contributed by atoms with E-state index < -0.39 is 0 Å². The van der Waals surface area contributed by atoms with Gasteiger partial charge in [0.25, 0.3) is 0 Å². The number of benzene rings is 1. The summed E-state index contributed by atoms with van der Waals surface area (Å²) in [6.45, 7) is 0.562. The molecule has 0 aliphatic heterocycles. The lowest BCUT2D eigenvalue weighted by molar-refractivity contribution is 0.772. The third-order valence-electron chi connectivity index (χ3n) is 2.48. The molecule has 0 aliphatic rings. The van der Waals surface area contributed by atoms with E-state index in [1.165, 1.54) is 16.4 Å². The average Bonchev–Trinajstić information content (AvgIpc) is 2.85. The molecule has 0 aliphatic carbocycles. The van der Waals surface area contributed by atoms with Gasteiger partial charge in [0.2, 0.25) is 0 Å². The van der Waals surface area contributed by atoms with Crippen molar-refractivity contribution >= 4 is 37.4 Å². The summed E-state index contributed by atoms with van der Waals surface area (Å²) in [7, 11) is 0. The lowest BCUT2D eigenvalue weighted by Crippen LogP contribution is -2.16. The van der Waals surface area contributed by atoms with Gasteiger partial charge in [0, 0.05) is 14.0 Å². The van der Waals surface area contributed by atoms with E-state index in [4.69, 9.17) is 0 Å². The first-order valence-corrected chi connectivity index (χ1v) is 6.61. The van der Waals surface area contributed by atoms with Crippen LogP contribution in [0.3, 0.4) is 0 Å². The molecule has 0 bridgehead atoms. The minimum absolute atomic E-state index is 0.177. The number of nitrogens with zero attached hydrogens (tertiary/aromatic N) is 2. The Bertz CT molecular complexity index is 727. The maximum atomic E-state index is 11.3. The SMILES string of the molecule is O=c1[nH]ncn1Cc1cc2ccc(Br)cc2s1. The van der Waals surface area contributed by atoms with Crippen LogP contribution in [0.5, 0.6) is 0 Å². The highest BCUT2D eigenvalue weighted by Crippen LogP contribution is 2.28. The van der Waals surface area contributed by atoms with E-state index in [9.17, 15) is 4.79 Å². The van der Waals surface area contributed by atoms with Crippen LogP contribution >= 0.6 is 27.3 Å². The number of fused-ring (bicyclic) bond motifs is 1. The molecule has 4 nitrogen and oxygen atoms in total. The largest absolute Gasteiger partial charge is 0.343 e. The highest BCUT2D eigenvalue weighted by molar-refractivity contribution is 9.10. The standard InChI is InChI=1S/C11H8BrN3OS/c12-8-2-1-7-3-9(17-10(7)4-8)5-15-6-13-14-11(15)16/h1-4,6H,5H2,(H,14,16). The number of H-pyrrole nitrogens is 1. The minimum atomic E-state index is -0.177. The summed E-state index contributed by atoms with van der Waals surface area (Å²) in [4.78, 5) is 12.5. The summed E-state index contributed by atoms with van der Waals surface area (Å²) < 4.78 is 3.84. The number of thiophene rings is 1. The molecule has 1 N–H and O–H groups in total. The second-order valence-corrected chi connectivity index (χ2v) is 5.77. The monoisotopic (exact) mass is 309 g/mol. The number of rotatable bonds is 2. The van der Waals surface area contributed by atoms with Crippen molar-refractivity contribution in [2.24, 2.45) is 0 Å². The fourth-order valence-corrected chi connectivity index (χ4v) is 3.30. The molecule has 0 saturated heterocycles. The molecule has 86 valence electrons. The zero-order valence-electron chi connectivity index (χ0n) is 8.68. The molecule has 0 atom stereocenters. The predicted octanol–water partition coefficient (Wildman–Crippen LogP) is 2.60. The van der Waals surface area contributed by atoms with E-state index >= 15 is 0 Å². The van der Waals surface area contributed by atoms with E-state index in [1.807, 2.05) is 6.07 Å². The first-order valence-electron chi connectivity index (χ1n) is 5.00. The summed E-state index contributed by atoms with van der Waals surface area (Å²) in [6, 6.07) is 8.27. The maximum absolute atomic E-state index is 11.3. The summed E-state index contributed by atoms with van der Waals surface area (Å²) >= 11 is 5.14. The van der Waals surface area contributed by atoms with Crippen molar-refractivity contribution in [3.05, 3.63) is 50.4 Å². The Morgan fingerprint density at radius 3 is 3.06 bits per heavy atom. The van der Waals surface area contributed by atoms with Gasteiger partial charge in [-0.1, -0.05) is 22.0 Å². The maximum Gasteiger partial charge on any atom is 0.343 e. The van der Waals surface area contributed by atoms with Crippen molar-refractivity contribution < 1.29 is 0 Å². The molecule has 0 spiro atoms. The molecule has 17 heavy (non-hydrogen) atoms. The summed E-state index contributed by atoms with van der Waals surface area (Å²) in [5.41, 5.74) is -0.177. The Morgan fingerprint density at radius 1 is 1.41 bits per heavy atom. The Balaban J connectivity index is 2.01. The molecule has 0 fully saturated rings. The Hall–Kier alpha value is -1.40. The van der Waals surface area contributed by atoms with Crippen LogP contribution in [0.4, 0.5) is 0 Å². The quantitative estimate of drug-likeness (QED) is 0.791. The van der Waals surface area contributed by atoms with Gasteiger partial charge in [-0.25, -0.2) is 9.89 Å². The Labute approximate surface area is 109 Å². The second kappa shape index (κ2) is 4.12. The molecular weight excluding hydrogens is 302 g/mol. The summed E-state index contributed by atoms with van der Waals surface area (Å²) in [5.74, 6) is 0. The van der Waals surface area contributed by atoms with Crippen molar-refractivity contribution in [1.29, 1.82) is 0 Å². The van der Waals surface area contributed by atoms with Crippen LogP contribution in [0.15, 0.2) is 39.9 Å². The number of aromatic nitrogens is 3. The van der Waals surface area contributed by atoms with E-state index in [0.29, 0.717) is 6.54 Å². The van der Waals surface area contributed by atoms with Crippen LogP contribution < -0.4 is 5.69 Å². The van der Waals surface area contributed by atoms with Gasteiger partial charge in [-0.15, -0.1) is 11.3 Å². The highest BCUT2D eigenvalue weighted by atomic mass is 79.9. The molecule has 0 saturated carbocycles. The normalized spacial score (nSPS) is 11.1. The van der Waals surface area contributed by atoms with E-state index in [0.717, 1.165) is 9.35 Å². The number of nitrogens with one attached hydrogen (secondary N) is 1. The molecule has 3 rings (SSSR count). The van der Waals surface area contributed by atoms with Crippen molar-refractivity contribution in [3.63, 3.8) is 0 Å². The topological polar surface area (TPSA) is 50.7 Å². The van der Waals surface area contributed by atoms with Crippen LogP contribution in [0.2, 0.25) is 0 Å². The fourth-order valence-electron chi connectivity index (χ4n) is 1.69. The summed E-state index contributed by atoms with van der Waals surface area (Å²) in [6.07, 6.45) is 1.52. The molecular formula is C11H8BrN3OS. The fraction of sp³-hybridized carbons (Fsp3) is 0.0909. The third-order valence-corrected chi connectivity index (χ3v) is 4.05. The molecule has 6 heteroatoms. The van der Waals surface area contributed by atoms with E-state index in [-0.39, 0.29) is 5.69 Å². The molecule has 2 aromatic heterocycles. The first kappa shape index (κ1) is 10.7. The number of halogens is 1. The van der Waals surface area contributed by atoms with Gasteiger partial charge in [-0.2, -0.15) is 5.10 Å². The van der Waals surface area contributed by atoms with Gasteiger partial charge >= 0.3 is 5.69 Å². The van der Waals surface area contributed by atoms with Gasteiger partial charge in [0.05, 0.1) is 6.54 Å². The highest BCUT2D eigenvalue weighted by Gasteiger charge is 2.04. The van der Waals surface area contributed by atoms with Crippen molar-refractivity contribution in [3.8, 4) is 0 Å². The van der Waals surface area contributed by atoms with Crippen LogP contribution in [0.25, 0.3) is 10.1 Å². The molecule has 2 heterocycles. The number of hydrogen-bond donors (Lipinski definition) is 1. The van der Waals surface area contributed by atoms with Crippen LogP contribution in [-0.2, 0) is 6.54 Å². The third kappa shape index (κ3) is 2.05. The van der Waals surface area contributed by atoms with E-state index in [2.05, 4.69) is 44.3 Å². The Morgan fingerprint density at radius 2 is 2.29 bits per heavy atom. The van der Waals surface area contributed by atoms with Gasteiger partial charge in [-0.05, 0) is 23.6 Å². The number of aromatic amines is 1. The molecule has 0 unspecified atom stereocenters. The summed E-state index contributed by atoms with van der Waals surface area (Å²) in [5, 5.41) is 7.29. The first-order chi connectivity index (χ1) is 8.22. The number of hydrogen-bond acceptors (Lipinski definition) is 3. The van der Waals surface area contributed by atoms with Gasteiger partial charge < -0.3 is 0 Å². The molecule has 3 aromatic rings. The van der Waals surface area contributed by atoms with Gasteiger partial charge in [0.15, 0.2) is 0 Å². The minimum Gasteiger partial charge on any atom is -0.276 e. The molecule has 0 radical (unpaired) electrons. The molecule has 1 aromatic carbocycles. The zero-order chi connectivity index (χ0) is 11.8. The second-order valence-electron chi connectivity index (χ2n) is 3.68. The lowest BCUT2D eigenvalue weighted by Gasteiger charge is -1.94. The predicted molar refractivity (Wildman–Crippen MR) is 71.5 cm³/mol. The van der Waals surface area contributed by atoms with Crippen LogP contribution in [0, 0.1) is 0 Å². The van der Waals surface area contributed by atoms with Crippen molar-refractivity contribution in [2.45, 2.75) is 6.54 Å². The average molecular weight is 310 g/mol. The molecule has 0 amide bonds. The van der Waals surface area contributed by atoms with Crippen molar-refractivity contribution in [2.75, 3.05) is 0 Å². The van der Waals surface area contributed by atoms with Crippen LogP contribution in [-0.4, -0.2) is 14.8 Å².